The Morgan fingerprint density at radius 1 is 1.59 bits per heavy atom. The zero-order valence-corrected chi connectivity index (χ0v) is 9.65. The van der Waals surface area contributed by atoms with Crippen LogP contribution in [0.5, 0.6) is 0 Å². The third-order valence-electron chi connectivity index (χ3n) is 3.04. The Bertz CT molecular complexity index is 411. The predicted molar refractivity (Wildman–Crippen MR) is 60.1 cm³/mol. The molecule has 0 aromatic carbocycles. The van der Waals surface area contributed by atoms with Gasteiger partial charge in [0.2, 0.25) is 5.95 Å². The molecule has 1 aliphatic carbocycles. The second kappa shape index (κ2) is 5.23. The van der Waals surface area contributed by atoms with Gasteiger partial charge in [0.25, 0.3) is 5.91 Å². The highest BCUT2D eigenvalue weighted by atomic mass is 19.1. The van der Waals surface area contributed by atoms with E-state index in [0.29, 0.717) is 5.56 Å². The van der Waals surface area contributed by atoms with Gasteiger partial charge in [-0.25, -0.2) is 4.98 Å². The Labute approximate surface area is 99.2 Å². The van der Waals surface area contributed by atoms with Crippen LogP contribution in [0.2, 0.25) is 0 Å². The fourth-order valence-electron chi connectivity index (χ4n) is 2.10. The van der Waals surface area contributed by atoms with Crippen molar-refractivity contribution in [2.45, 2.75) is 31.4 Å². The van der Waals surface area contributed by atoms with E-state index in [4.69, 9.17) is 4.74 Å². The highest BCUT2D eigenvalue weighted by Crippen LogP contribution is 2.21. The number of ether oxygens (including phenoxy) is 1. The molecule has 0 radical (unpaired) electrons. The lowest BCUT2D eigenvalue weighted by Gasteiger charge is -2.12. The van der Waals surface area contributed by atoms with Crippen LogP contribution in [-0.4, -0.2) is 30.1 Å². The highest BCUT2D eigenvalue weighted by Gasteiger charge is 2.25. The second-order valence-electron chi connectivity index (χ2n) is 4.21. The smallest absolute Gasteiger partial charge is 0.251 e. The maximum atomic E-state index is 12.8. The molecule has 0 spiro atoms. The minimum Gasteiger partial charge on any atom is -0.381 e. The van der Waals surface area contributed by atoms with Gasteiger partial charge in [-0.15, -0.1) is 0 Å². The van der Waals surface area contributed by atoms with Gasteiger partial charge in [-0.1, -0.05) is 0 Å². The molecule has 2 atom stereocenters. The van der Waals surface area contributed by atoms with Gasteiger partial charge in [0, 0.05) is 31.0 Å². The molecule has 1 aromatic rings. The van der Waals surface area contributed by atoms with Gasteiger partial charge in [0.15, 0.2) is 0 Å². The lowest BCUT2D eigenvalue weighted by molar-refractivity contribution is 0.0914. The number of carbonyl (C=O) groups is 1. The molecule has 1 amide bonds. The van der Waals surface area contributed by atoms with Crippen molar-refractivity contribution in [3.8, 4) is 0 Å². The van der Waals surface area contributed by atoms with E-state index < -0.39 is 5.95 Å². The van der Waals surface area contributed by atoms with Crippen LogP contribution in [0.15, 0.2) is 18.3 Å². The molecular formula is C12H15FN2O2. The van der Waals surface area contributed by atoms with Gasteiger partial charge in [-0.05, 0) is 25.3 Å². The number of methoxy groups -OCH3 is 1. The minimum atomic E-state index is -0.640. The van der Waals surface area contributed by atoms with Crippen molar-refractivity contribution in [3.05, 3.63) is 29.8 Å². The summed E-state index contributed by atoms with van der Waals surface area (Å²) in [5.41, 5.74) is 0.304. The topological polar surface area (TPSA) is 51.2 Å². The number of nitrogens with one attached hydrogen (secondary N) is 1. The molecule has 2 unspecified atom stereocenters. The molecule has 2 rings (SSSR count). The monoisotopic (exact) mass is 238 g/mol. The quantitative estimate of drug-likeness (QED) is 0.812. The Morgan fingerprint density at radius 2 is 2.41 bits per heavy atom. The van der Waals surface area contributed by atoms with E-state index >= 15 is 0 Å². The molecule has 92 valence electrons. The SMILES string of the molecule is COC1CCC(NC(=O)c2ccnc(F)c2)C1. The van der Waals surface area contributed by atoms with Crippen LogP contribution >= 0.6 is 0 Å². The van der Waals surface area contributed by atoms with Crippen LogP contribution in [0.1, 0.15) is 29.6 Å². The van der Waals surface area contributed by atoms with Crippen LogP contribution in [0, 0.1) is 5.95 Å². The lowest BCUT2D eigenvalue weighted by atomic mass is 10.2. The summed E-state index contributed by atoms with van der Waals surface area (Å²) in [6.45, 7) is 0. The Balaban J connectivity index is 1.94. The van der Waals surface area contributed by atoms with Gasteiger partial charge < -0.3 is 10.1 Å². The molecule has 1 N–H and O–H groups in total. The van der Waals surface area contributed by atoms with Crippen molar-refractivity contribution < 1.29 is 13.9 Å². The van der Waals surface area contributed by atoms with E-state index in [9.17, 15) is 9.18 Å². The average Bonchev–Trinajstić information content (AvgIpc) is 2.77. The van der Waals surface area contributed by atoms with Crippen LogP contribution in [0.4, 0.5) is 4.39 Å². The molecule has 17 heavy (non-hydrogen) atoms. The second-order valence-corrected chi connectivity index (χ2v) is 4.21. The van der Waals surface area contributed by atoms with Gasteiger partial charge in [0.05, 0.1) is 6.10 Å². The average molecular weight is 238 g/mol. The molecule has 1 saturated carbocycles. The number of hydrogen-bond donors (Lipinski definition) is 1. The molecule has 0 aliphatic heterocycles. The molecule has 1 heterocycles. The summed E-state index contributed by atoms with van der Waals surface area (Å²) in [5, 5.41) is 2.87. The summed E-state index contributed by atoms with van der Waals surface area (Å²) in [6.07, 6.45) is 4.17. The lowest BCUT2D eigenvalue weighted by Crippen LogP contribution is -2.33. The Morgan fingerprint density at radius 3 is 3.06 bits per heavy atom. The van der Waals surface area contributed by atoms with E-state index in [-0.39, 0.29) is 18.1 Å². The fraction of sp³-hybridized carbons (Fsp3) is 0.500. The summed E-state index contributed by atoms with van der Waals surface area (Å²) in [6, 6.07) is 2.75. The normalized spacial score (nSPS) is 23.6. The van der Waals surface area contributed by atoms with Crippen LogP contribution in [-0.2, 0) is 4.74 Å². The maximum Gasteiger partial charge on any atom is 0.251 e. The van der Waals surface area contributed by atoms with Gasteiger partial charge in [-0.3, -0.25) is 4.79 Å². The summed E-state index contributed by atoms with van der Waals surface area (Å²) in [5.74, 6) is -0.896. The summed E-state index contributed by atoms with van der Waals surface area (Å²) >= 11 is 0. The van der Waals surface area contributed by atoms with E-state index in [1.807, 2.05) is 0 Å². The molecular weight excluding hydrogens is 223 g/mol. The van der Waals surface area contributed by atoms with Crippen molar-refractivity contribution in [3.63, 3.8) is 0 Å². The van der Waals surface area contributed by atoms with E-state index in [0.717, 1.165) is 25.3 Å². The zero-order valence-electron chi connectivity index (χ0n) is 9.65. The number of carbonyl (C=O) groups excluding carboxylic acids is 1. The highest BCUT2D eigenvalue weighted by molar-refractivity contribution is 5.94. The maximum absolute atomic E-state index is 12.8. The summed E-state index contributed by atoms with van der Waals surface area (Å²) in [4.78, 5) is 15.2. The number of halogens is 1. The molecule has 0 saturated heterocycles. The molecule has 0 bridgehead atoms. The first kappa shape index (κ1) is 12.0. The van der Waals surface area contributed by atoms with E-state index in [2.05, 4.69) is 10.3 Å². The number of nitrogens with zero attached hydrogens (tertiary/aromatic N) is 1. The third-order valence-corrected chi connectivity index (χ3v) is 3.04. The van der Waals surface area contributed by atoms with Gasteiger partial charge >= 0.3 is 0 Å². The first-order valence-electron chi connectivity index (χ1n) is 5.64. The van der Waals surface area contributed by atoms with Crippen molar-refractivity contribution in [1.29, 1.82) is 0 Å². The van der Waals surface area contributed by atoms with Crippen molar-refractivity contribution in [2.24, 2.45) is 0 Å². The van der Waals surface area contributed by atoms with Crippen molar-refractivity contribution in [2.75, 3.05) is 7.11 Å². The zero-order chi connectivity index (χ0) is 12.3. The third kappa shape index (κ3) is 3.00. The Kier molecular flexibility index (Phi) is 3.68. The van der Waals surface area contributed by atoms with Crippen LogP contribution in [0.3, 0.4) is 0 Å². The van der Waals surface area contributed by atoms with Crippen LogP contribution < -0.4 is 5.32 Å². The van der Waals surface area contributed by atoms with Crippen LogP contribution in [0.25, 0.3) is 0 Å². The molecule has 1 aromatic heterocycles. The van der Waals surface area contributed by atoms with Gasteiger partial charge in [0.1, 0.15) is 0 Å². The first-order chi connectivity index (χ1) is 8.19. The van der Waals surface area contributed by atoms with Crippen molar-refractivity contribution >= 4 is 5.91 Å². The van der Waals surface area contributed by atoms with E-state index in [1.54, 1.807) is 7.11 Å². The standard InChI is InChI=1S/C12H15FN2O2/c1-17-10-3-2-9(7-10)15-12(16)8-4-5-14-11(13)6-8/h4-6,9-10H,2-3,7H2,1H3,(H,15,16). The molecule has 5 heteroatoms. The Hall–Kier alpha value is -1.49. The summed E-state index contributed by atoms with van der Waals surface area (Å²) < 4.78 is 18.1. The largest absolute Gasteiger partial charge is 0.381 e. The predicted octanol–water partition coefficient (Wildman–Crippen LogP) is 1.52. The van der Waals surface area contributed by atoms with Crippen molar-refractivity contribution in [1.82, 2.24) is 10.3 Å². The van der Waals surface area contributed by atoms with Gasteiger partial charge in [-0.2, -0.15) is 4.39 Å². The number of aromatic nitrogens is 1. The molecule has 4 nitrogen and oxygen atoms in total. The number of rotatable bonds is 3. The molecule has 1 fully saturated rings. The fourth-order valence-corrected chi connectivity index (χ4v) is 2.10. The first-order valence-corrected chi connectivity index (χ1v) is 5.64. The summed E-state index contributed by atoms with van der Waals surface area (Å²) in [7, 11) is 1.67. The van der Waals surface area contributed by atoms with E-state index in [1.165, 1.54) is 12.3 Å². The number of hydrogen-bond acceptors (Lipinski definition) is 3. The molecule has 1 aliphatic rings. The minimum absolute atomic E-state index is 0.115. The number of amides is 1. The number of pyridine rings is 1.